The van der Waals surface area contributed by atoms with Crippen LogP contribution in [0.2, 0.25) is 0 Å². The lowest BCUT2D eigenvalue weighted by molar-refractivity contribution is -0.133. The van der Waals surface area contributed by atoms with Crippen molar-refractivity contribution in [3.63, 3.8) is 0 Å². The van der Waals surface area contributed by atoms with Crippen molar-refractivity contribution in [3.05, 3.63) is 65.2 Å². The molecule has 130 valence electrons. The minimum atomic E-state index is -0.466. The van der Waals surface area contributed by atoms with Crippen LogP contribution in [0.4, 0.5) is 0 Å². The van der Waals surface area contributed by atoms with E-state index >= 15 is 0 Å². The Bertz CT molecular complexity index is 769. The van der Waals surface area contributed by atoms with Gasteiger partial charge in [0.15, 0.2) is 6.29 Å². The van der Waals surface area contributed by atoms with Gasteiger partial charge in [-0.25, -0.2) is 0 Å². The quantitative estimate of drug-likeness (QED) is 0.574. The molecule has 2 aromatic rings. The summed E-state index contributed by atoms with van der Waals surface area (Å²) in [5.74, 6) is 0.504. The molecule has 0 radical (unpaired) electrons. The first-order valence-electron chi connectivity index (χ1n) is 8.65. The van der Waals surface area contributed by atoms with E-state index in [1.54, 1.807) is 0 Å². The number of nitrogens with zero attached hydrogens (tertiary/aromatic N) is 1. The minimum Gasteiger partial charge on any atom is -0.491 e. The molecule has 0 saturated carbocycles. The van der Waals surface area contributed by atoms with Gasteiger partial charge in [-0.3, -0.25) is 14.5 Å². The Hall–Kier alpha value is -2.46. The second-order valence-electron chi connectivity index (χ2n) is 6.62. The van der Waals surface area contributed by atoms with E-state index in [-0.39, 0.29) is 11.9 Å². The van der Waals surface area contributed by atoms with Crippen LogP contribution >= 0.6 is 0 Å². The fourth-order valence-electron chi connectivity index (χ4n) is 3.40. The van der Waals surface area contributed by atoms with E-state index < -0.39 is 6.04 Å². The fraction of sp³-hybridized carbons (Fsp3) is 0.333. The monoisotopic (exact) mass is 337 g/mol. The average molecular weight is 337 g/mol. The summed E-state index contributed by atoms with van der Waals surface area (Å²) in [6, 6.07) is 15.4. The molecule has 4 heteroatoms. The van der Waals surface area contributed by atoms with E-state index in [1.165, 1.54) is 0 Å². The molecule has 1 unspecified atom stereocenters. The third kappa shape index (κ3) is 3.80. The van der Waals surface area contributed by atoms with E-state index in [9.17, 15) is 9.59 Å². The summed E-state index contributed by atoms with van der Waals surface area (Å²) in [6.07, 6.45) is 1.32. The zero-order valence-corrected chi connectivity index (χ0v) is 14.6. The minimum absolute atomic E-state index is 0.113. The number of hydrogen-bond donors (Lipinski definition) is 0. The lowest BCUT2D eigenvalue weighted by Crippen LogP contribution is -2.30. The summed E-state index contributed by atoms with van der Waals surface area (Å²) in [5, 5.41) is 0. The van der Waals surface area contributed by atoms with Gasteiger partial charge in [0, 0.05) is 13.1 Å². The zero-order valence-electron chi connectivity index (χ0n) is 14.6. The van der Waals surface area contributed by atoms with Crippen LogP contribution in [-0.2, 0) is 22.6 Å². The number of Topliss-reactive ketones (excluding diaryl/α,β-unsaturated/α-hetero) is 1. The number of fused-ring (bicyclic) bond motifs is 1. The maximum atomic E-state index is 12.2. The second kappa shape index (κ2) is 7.62. The van der Waals surface area contributed by atoms with Gasteiger partial charge < -0.3 is 4.74 Å². The van der Waals surface area contributed by atoms with Gasteiger partial charge >= 0.3 is 0 Å². The number of benzene rings is 2. The molecule has 1 atom stereocenters. The third-order valence-corrected chi connectivity index (χ3v) is 4.48. The van der Waals surface area contributed by atoms with E-state index in [2.05, 4.69) is 11.0 Å². The van der Waals surface area contributed by atoms with Crippen molar-refractivity contribution in [2.45, 2.75) is 39.0 Å². The van der Waals surface area contributed by atoms with Crippen LogP contribution < -0.4 is 4.74 Å². The van der Waals surface area contributed by atoms with Gasteiger partial charge in [-0.15, -0.1) is 0 Å². The highest BCUT2D eigenvalue weighted by molar-refractivity contribution is 6.27. The summed E-state index contributed by atoms with van der Waals surface area (Å²) in [5.41, 5.74) is 3.19. The smallest absolute Gasteiger partial charge is 0.216 e. The van der Waals surface area contributed by atoms with Gasteiger partial charge in [0.2, 0.25) is 5.78 Å². The second-order valence-corrected chi connectivity index (χ2v) is 6.62. The van der Waals surface area contributed by atoms with Gasteiger partial charge in [-0.05, 0) is 43.0 Å². The number of ether oxygens (including phenoxy) is 1. The molecule has 0 bridgehead atoms. The van der Waals surface area contributed by atoms with Crippen molar-refractivity contribution in [1.29, 1.82) is 0 Å². The lowest BCUT2D eigenvalue weighted by atomic mass is 10.0. The molecule has 1 heterocycles. The summed E-state index contributed by atoms with van der Waals surface area (Å²) in [7, 11) is 0. The van der Waals surface area contributed by atoms with Gasteiger partial charge in [-0.2, -0.15) is 0 Å². The molecule has 0 N–H and O–H groups in total. The van der Waals surface area contributed by atoms with Crippen molar-refractivity contribution in [2.75, 3.05) is 6.54 Å². The van der Waals surface area contributed by atoms with Crippen molar-refractivity contribution in [3.8, 4) is 5.75 Å². The van der Waals surface area contributed by atoms with Gasteiger partial charge in [0.1, 0.15) is 11.8 Å². The van der Waals surface area contributed by atoms with Crippen LogP contribution in [0.5, 0.6) is 5.75 Å². The van der Waals surface area contributed by atoms with Crippen LogP contribution in [0, 0.1) is 0 Å². The average Bonchev–Trinajstić information content (AvgIpc) is 2.98. The van der Waals surface area contributed by atoms with Gasteiger partial charge in [0.25, 0.3) is 0 Å². The highest BCUT2D eigenvalue weighted by Crippen LogP contribution is 2.34. The predicted molar refractivity (Wildman–Crippen MR) is 96.6 cm³/mol. The number of aldehydes is 1. The standard InChI is InChI=1S/C21H23NO3/c1-15(2)25-20-10-6-4-7-16(20)11-12-22-13-17-8-3-5-9-18(17)21(22)19(24)14-23/h3-10,14-15,21H,11-13H2,1-2H3. The van der Waals surface area contributed by atoms with Crippen LogP contribution in [0.1, 0.15) is 36.6 Å². The Morgan fingerprint density at radius 2 is 1.92 bits per heavy atom. The molecule has 0 saturated heterocycles. The molecule has 0 aliphatic carbocycles. The number of ketones is 1. The molecular formula is C21H23NO3. The van der Waals surface area contributed by atoms with Crippen LogP contribution in [0.25, 0.3) is 0 Å². The highest BCUT2D eigenvalue weighted by Gasteiger charge is 2.34. The first-order valence-corrected chi connectivity index (χ1v) is 8.65. The molecule has 2 aromatic carbocycles. The van der Waals surface area contributed by atoms with Crippen molar-refractivity contribution < 1.29 is 14.3 Å². The molecule has 0 amide bonds. The van der Waals surface area contributed by atoms with Crippen LogP contribution in [0.3, 0.4) is 0 Å². The SMILES string of the molecule is CC(C)Oc1ccccc1CCN1Cc2ccccc2C1C(=O)C=O. The van der Waals surface area contributed by atoms with Gasteiger partial charge in [0.05, 0.1) is 6.10 Å². The van der Waals surface area contributed by atoms with E-state index in [0.29, 0.717) is 19.4 Å². The molecule has 4 nitrogen and oxygen atoms in total. The lowest BCUT2D eigenvalue weighted by Gasteiger charge is -2.23. The normalized spacial score (nSPS) is 16.7. The maximum Gasteiger partial charge on any atom is 0.216 e. The first-order chi connectivity index (χ1) is 12.1. The Balaban J connectivity index is 1.77. The molecule has 0 spiro atoms. The van der Waals surface area contributed by atoms with Crippen molar-refractivity contribution in [1.82, 2.24) is 4.90 Å². The summed E-state index contributed by atoms with van der Waals surface area (Å²) < 4.78 is 5.88. The number of rotatable bonds is 7. The van der Waals surface area contributed by atoms with E-state index in [0.717, 1.165) is 28.9 Å². The molecule has 3 rings (SSSR count). The first kappa shape index (κ1) is 17.4. The molecular weight excluding hydrogens is 314 g/mol. The maximum absolute atomic E-state index is 12.2. The predicted octanol–water partition coefficient (Wildman–Crippen LogP) is 3.34. The number of hydrogen-bond acceptors (Lipinski definition) is 4. The fourth-order valence-corrected chi connectivity index (χ4v) is 3.40. The Kier molecular flexibility index (Phi) is 5.29. The number of carbonyl (C=O) groups excluding carboxylic acids is 2. The third-order valence-electron chi connectivity index (χ3n) is 4.48. The van der Waals surface area contributed by atoms with E-state index in [1.807, 2.05) is 56.3 Å². The largest absolute Gasteiger partial charge is 0.491 e. The molecule has 0 fully saturated rings. The van der Waals surface area contributed by atoms with Crippen molar-refractivity contribution >= 4 is 12.1 Å². The number of para-hydroxylation sites is 1. The van der Waals surface area contributed by atoms with Crippen LogP contribution in [0.15, 0.2) is 48.5 Å². The molecule has 1 aliphatic rings. The van der Waals surface area contributed by atoms with Crippen LogP contribution in [-0.4, -0.2) is 29.6 Å². The zero-order chi connectivity index (χ0) is 17.8. The van der Waals surface area contributed by atoms with Gasteiger partial charge in [-0.1, -0.05) is 42.5 Å². The Morgan fingerprint density at radius 1 is 1.20 bits per heavy atom. The summed E-state index contributed by atoms with van der Waals surface area (Å²) >= 11 is 0. The van der Waals surface area contributed by atoms with E-state index in [4.69, 9.17) is 4.74 Å². The topological polar surface area (TPSA) is 46.6 Å². The summed E-state index contributed by atoms with van der Waals surface area (Å²) in [6.45, 7) is 5.39. The highest BCUT2D eigenvalue weighted by atomic mass is 16.5. The molecule has 0 aromatic heterocycles. The van der Waals surface area contributed by atoms with Crippen molar-refractivity contribution in [2.24, 2.45) is 0 Å². The number of carbonyl (C=O) groups is 2. The summed E-state index contributed by atoms with van der Waals surface area (Å²) in [4.78, 5) is 25.4. The molecule has 1 aliphatic heterocycles. The Labute approximate surface area is 148 Å². The molecule has 25 heavy (non-hydrogen) atoms. The Morgan fingerprint density at radius 3 is 2.68 bits per heavy atom.